The van der Waals surface area contributed by atoms with E-state index in [1.54, 1.807) is 0 Å². The highest BCUT2D eigenvalue weighted by Gasteiger charge is 2.41. The predicted molar refractivity (Wildman–Crippen MR) is 90.2 cm³/mol. The maximum atomic E-state index is 12.4. The molecule has 0 aliphatic carbocycles. The second-order valence-electron chi connectivity index (χ2n) is 5.11. The van der Waals surface area contributed by atoms with Crippen LogP contribution in [0.2, 0.25) is 20.1 Å². The Kier molecular flexibility index (Phi) is 6.33. The molecule has 0 spiro atoms. The number of hydroxylamine groups is 1. The molecular formula is C14H12Cl4N2O4. The molecule has 6 nitrogen and oxygen atoms in total. The molecule has 0 atom stereocenters. The lowest BCUT2D eigenvalue weighted by Gasteiger charge is -2.13. The van der Waals surface area contributed by atoms with Gasteiger partial charge in [0.1, 0.15) is 0 Å². The molecule has 0 saturated heterocycles. The molecule has 2 rings (SSSR count). The second kappa shape index (κ2) is 7.89. The number of fused-ring (bicyclic) bond motifs is 1. The quantitative estimate of drug-likeness (QED) is 0.184. The van der Waals surface area contributed by atoms with Crippen LogP contribution in [0.3, 0.4) is 0 Å². The number of benzene rings is 1. The third kappa shape index (κ3) is 3.48. The van der Waals surface area contributed by atoms with Gasteiger partial charge in [-0.15, -0.1) is 0 Å². The highest BCUT2D eigenvalue weighted by Crippen LogP contribution is 2.44. The van der Waals surface area contributed by atoms with Crippen LogP contribution in [0.25, 0.3) is 0 Å². The van der Waals surface area contributed by atoms with E-state index in [2.05, 4.69) is 0 Å². The first kappa shape index (κ1) is 19.3. The van der Waals surface area contributed by atoms with Gasteiger partial charge < -0.3 is 0 Å². The van der Waals surface area contributed by atoms with Gasteiger partial charge in [0.2, 0.25) is 5.91 Å². The van der Waals surface area contributed by atoms with Gasteiger partial charge in [-0.25, -0.2) is 5.48 Å². The van der Waals surface area contributed by atoms with E-state index in [4.69, 9.17) is 51.6 Å². The van der Waals surface area contributed by atoms with Gasteiger partial charge in [0.25, 0.3) is 11.8 Å². The summed E-state index contributed by atoms with van der Waals surface area (Å²) in [4.78, 5) is 36.8. The van der Waals surface area contributed by atoms with Gasteiger partial charge in [0.15, 0.2) is 0 Å². The van der Waals surface area contributed by atoms with Gasteiger partial charge in [0, 0.05) is 13.0 Å². The van der Waals surface area contributed by atoms with E-state index in [9.17, 15) is 14.4 Å². The van der Waals surface area contributed by atoms with Crippen LogP contribution >= 0.6 is 46.4 Å². The molecular weight excluding hydrogens is 402 g/mol. The van der Waals surface area contributed by atoms with Crippen molar-refractivity contribution < 1.29 is 19.6 Å². The second-order valence-corrected chi connectivity index (χ2v) is 6.63. The molecule has 0 bridgehead atoms. The van der Waals surface area contributed by atoms with Crippen LogP contribution < -0.4 is 5.48 Å². The van der Waals surface area contributed by atoms with Crippen molar-refractivity contribution in [3.05, 3.63) is 31.2 Å². The topological polar surface area (TPSA) is 86.7 Å². The van der Waals surface area contributed by atoms with Crippen molar-refractivity contribution in [3.63, 3.8) is 0 Å². The number of hydrogen-bond donors (Lipinski definition) is 2. The Bertz CT molecular complexity index is 676. The first-order valence-electron chi connectivity index (χ1n) is 6.96. The van der Waals surface area contributed by atoms with Crippen molar-refractivity contribution >= 4 is 64.1 Å². The van der Waals surface area contributed by atoms with E-state index < -0.39 is 17.7 Å². The normalized spacial score (nSPS) is 13.5. The fraction of sp³-hybridized carbons (Fsp3) is 0.357. The van der Waals surface area contributed by atoms with Crippen LogP contribution in [0.5, 0.6) is 0 Å². The number of amides is 3. The Morgan fingerprint density at radius 3 is 1.83 bits per heavy atom. The highest BCUT2D eigenvalue weighted by atomic mass is 35.5. The Hall–Kier alpha value is -1.05. The van der Waals surface area contributed by atoms with Gasteiger partial charge in [-0.1, -0.05) is 52.8 Å². The first-order valence-corrected chi connectivity index (χ1v) is 8.47. The monoisotopic (exact) mass is 412 g/mol. The molecule has 0 radical (unpaired) electrons. The van der Waals surface area contributed by atoms with Crippen molar-refractivity contribution in [2.24, 2.45) is 0 Å². The Balaban J connectivity index is 2.09. The lowest BCUT2D eigenvalue weighted by atomic mass is 10.1. The van der Waals surface area contributed by atoms with Crippen LogP contribution in [0.4, 0.5) is 0 Å². The van der Waals surface area contributed by atoms with Crippen LogP contribution in [0.1, 0.15) is 46.4 Å². The molecule has 1 aromatic rings. The lowest BCUT2D eigenvalue weighted by Crippen LogP contribution is -2.30. The summed E-state index contributed by atoms with van der Waals surface area (Å²) in [6, 6.07) is 0. The van der Waals surface area contributed by atoms with E-state index >= 15 is 0 Å². The van der Waals surface area contributed by atoms with Gasteiger partial charge in [-0.2, -0.15) is 0 Å². The van der Waals surface area contributed by atoms with Crippen molar-refractivity contribution in [1.82, 2.24) is 10.4 Å². The average molecular weight is 414 g/mol. The molecule has 24 heavy (non-hydrogen) atoms. The molecule has 1 heterocycles. The molecule has 0 fully saturated rings. The molecule has 1 aliphatic rings. The number of hydrogen-bond acceptors (Lipinski definition) is 4. The summed E-state index contributed by atoms with van der Waals surface area (Å²) in [7, 11) is 0. The molecule has 1 aliphatic heterocycles. The molecule has 10 heteroatoms. The minimum absolute atomic E-state index is 0.0410. The fourth-order valence-electron chi connectivity index (χ4n) is 2.39. The van der Waals surface area contributed by atoms with Crippen molar-refractivity contribution in [2.45, 2.75) is 25.7 Å². The zero-order valence-electron chi connectivity index (χ0n) is 12.2. The van der Waals surface area contributed by atoms with Crippen LogP contribution in [0.15, 0.2) is 0 Å². The Labute approximate surface area is 157 Å². The van der Waals surface area contributed by atoms with Gasteiger partial charge in [-0.05, 0) is 12.8 Å². The summed E-state index contributed by atoms with van der Waals surface area (Å²) < 4.78 is 0. The third-order valence-corrected chi connectivity index (χ3v) is 5.40. The number of carbonyl (C=O) groups excluding carboxylic acids is 3. The molecule has 0 aromatic heterocycles. The van der Waals surface area contributed by atoms with Crippen LogP contribution in [-0.4, -0.2) is 34.4 Å². The van der Waals surface area contributed by atoms with E-state index in [-0.39, 0.29) is 44.2 Å². The van der Waals surface area contributed by atoms with Crippen molar-refractivity contribution in [2.75, 3.05) is 6.54 Å². The standard InChI is InChI=1S/C14H12Cl4N2O4/c15-9-7-8(10(16)12(18)11(9)17)14(23)20(13(7)22)5-3-1-2-4-6(21)19-24/h24H,1-5H2,(H,19,21). The first-order chi connectivity index (χ1) is 11.3. The highest BCUT2D eigenvalue weighted by molar-refractivity contribution is 6.55. The van der Waals surface area contributed by atoms with E-state index in [0.717, 1.165) is 4.90 Å². The Morgan fingerprint density at radius 1 is 0.875 bits per heavy atom. The maximum absolute atomic E-state index is 12.4. The molecule has 0 saturated carbocycles. The summed E-state index contributed by atoms with van der Waals surface area (Å²) in [5.74, 6) is -1.64. The summed E-state index contributed by atoms with van der Waals surface area (Å²) in [6.07, 6.45) is 1.74. The molecule has 2 N–H and O–H groups in total. The number of halogens is 4. The van der Waals surface area contributed by atoms with Gasteiger partial charge in [-0.3, -0.25) is 24.5 Å². The average Bonchev–Trinajstić information content (AvgIpc) is 2.81. The van der Waals surface area contributed by atoms with Crippen LogP contribution in [-0.2, 0) is 4.79 Å². The summed E-state index contributed by atoms with van der Waals surface area (Å²) >= 11 is 23.9. The summed E-state index contributed by atoms with van der Waals surface area (Å²) in [6.45, 7) is 0.148. The minimum Gasteiger partial charge on any atom is -0.289 e. The zero-order chi connectivity index (χ0) is 18.0. The molecule has 3 amide bonds. The fourth-order valence-corrected chi connectivity index (χ4v) is 3.40. The van der Waals surface area contributed by atoms with E-state index in [1.807, 2.05) is 0 Å². The summed E-state index contributed by atoms with van der Waals surface area (Å²) in [5, 5.41) is 8.06. The smallest absolute Gasteiger partial charge is 0.263 e. The summed E-state index contributed by atoms with van der Waals surface area (Å²) in [5.41, 5.74) is 1.45. The molecule has 0 unspecified atom stereocenters. The van der Waals surface area contributed by atoms with Gasteiger partial charge in [0.05, 0.1) is 31.2 Å². The zero-order valence-corrected chi connectivity index (χ0v) is 15.2. The van der Waals surface area contributed by atoms with E-state index in [1.165, 1.54) is 5.48 Å². The SMILES string of the molecule is O=C(CCCCCN1C(=O)c2c(Cl)c(Cl)c(Cl)c(Cl)c2C1=O)NO. The van der Waals surface area contributed by atoms with Crippen molar-refractivity contribution in [3.8, 4) is 0 Å². The van der Waals surface area contributed by atoms with Gasteiger partial charge >= 0.3 is 0 Å². The molecule has 130 valence electrons. The largest absolute Gasteiger partial charge is 0.289 e. The van der Waals surface area contributed by atoms with Crippen LogP contribution in [0, 0.1) is 0 Å². The lowest BCUT2D eigenvalue weighted by molar-refractivity contribution is -0.129. The number of nitrogens with zero attached hydrogens (tertiary/aromatic N) is 1. The Morgan fingerprint density at radius 2 is 1.38 bits per heavy atom. The van der Waals surface area contributed by atoms with Crippen molar-refractivity contribution in [1.29, 1.82) is 0 Å². The number of carbonyl (C=O) groups is 3. The number of rotatable bonds is 6. The number of nitrogens with one attached hydrogen (secondary N) is 1. The third-order valence-electron chi connectivity index (χ3n) is 3.60. The number of imide groups is 1. The number of unbranched alkanes of at least 4 members (excludes halogenated alkanes) is 2. The molecule has 1 aromatic carbocycles. The minimum atomic E-state index is -0.575. The maximum Gasteiger partial charge on any atom is 0.263 e. The predicted octanol–water partition coefficient (Wildman–Crippen LogP) is 3.96. The van der Waals surface area contributed by atoms with E-state index in [0.29, 0.717) is 19.3 Å².